The SMILES string of the molecule is CCCCC1(CC)CCNC1C. The van der Waals surface area contributed by atoms with E-state index in [1.54, 1.807) is 0 Å². The molecule has 1 saturated heterocycles. The Morgan fingerprint density at radius 3 is 2.58 bits per heavy atom. The fourth-order valence-electron chi connectivity index (χ4n) is 2.50. The van der Waals surface area contributed by atoms with Gasteiger partial charge in [-0.15, -0.1) is 0 Å². The highest BCUT2D eigenvalue weighted by atomic mass is 15.0. The highest BCUT2D eigenvalue weighted by Gasteiger charge is 2.37. The van der Waals surface area contributed by atoms with Gasteiger partial charge >= 0.3 is 0 Å². The van der Waals surface area contributed by atoms with Crippen molar-refractivity contribution in [3.05, 3.63) is 0 Å². The summed E-state index contributed by atoms with van der Waals surface area (Å²) in [7, 11) is 0. The van der Waals surface area contributed by atoms with E-state index in [9.17, 15) is 0 Å². The van der Waals surface area contributed by atoms with Crippen LogP contribution in [0.15, 0.2) is 0 Å². The molecule has 0 aromatic rings. The van der Waals surface area contributed by atoms with E-state index in [1.807, 2.05) is 0 Å². The Kier molecular flexibility index (Phi) is 3.57. The minimum Gasteiger partial charge on any atom is -0.314 e. The summed E-state index contributed by atoms with van der Waals surface area (Å²) in [5.41, 5.74) is 0.635. The molecule has 0 saturated carbocycles. The molecule has 1 heteroatoms. The lowest BCUT2D eigenvalue weighted by Gasteiger charge is -2.32. The van der Waals surface area contributed by atoms with Crippen LogP contribution in [-0.2, 0) is 0 Å². The summed E-state index contributed by atoms with van der Waals surface area (Å²) in [5, 5.41) is 3.57. The van der Waals surface area contributed by atoms with Crippen LogP contribution in [0.2, 0.25) is 0 Å². The van der Waals surface area contributed by atoms with Gasteiger partial charge in [0.15, 0.2) is 0 Å². The van der Waals surface area contributed by atoms with Crippen LogP contribution >= 0.6 is 0 Å². The van der Waals surface area contributed by atoms with E-state index in [4.69, 9.17) is 0 Å². The van der Waals surface area contributed by atoms with Gasteiger partial charge in [0.05, 0.1) is 0 Å². The molecule has 0 aromatic carbocycles. The lowest BCUT2D eigenvalue weighted by molar-refractivity contribution is 0.221. The van der Waals surface area contributed by atoms with Gasteiger partial charge in [0.1, 0.15) is 0 Å². The standard InChI is InChI=1S/C11H23N/c1-4-6-7-11(5-2)8-9-12-10(11)3/h10,12H,4-9H2,1-3H3. The molecule has 0 aromatic heterocycles. The predicted octanol–water partition coefficient (Wildman–Crippen LogP) is 2.95. The third-order valence-corrected chi connectivity index (χ3v) is 3.72. The fourth-order valence-corrected chi connectivity index (χ4v) is 2.50. The van der Waals surface area contributed by atoms with Crippen LogP contribution in [0.3, 0.4) is 0 Å². The highest BCUT2D eigenvalue weighted by molar-refractivity contribution is 4.93. The van der Waals surface area contributed by atoms with E-state index in [-0.39, 0.29) is 0 Å². The van der Waals surface area contributed by atoms with Crippen molar-refractivity contribution < 1.29 is 0 Å². The van der Waals surface area contributed by atoms with E-state index in [2.05, 4.69) is 26.1 Å². The molecule has 1 rings (SSSR count). The van der Waals surface area contributed by atoms with Gasteiger partial charge in [0.2, 0.25) is 0 Å². The molecular formula is C11H23N. The van der Waals surface area contributed by atoms with Crippen molar-refractivity contribution in [2.45, 2.75) is 58.9 Å². The molecule has 0 radical (unpaired) electrons. The zero-order valence-corrected chi connectivity index (χ0v) is 8.82. The van der Waals surface area contributed by atoms with Gasteiger partial charge in [-0.05, 0) is 38.1 Å². The minimum absolute atomic E-state index is 0.635. The Hall–Kier alpha value is -0.0400. The molecule has 1 fully saturated rings. The summed E-state index contributed by atoms with van der Waals surface area (Å²) in [6, 6.07) is 0.744. The third kappa shape index (κ3) is 1.82. The van der Waals surface area contributed by atoms with E-state index in [0.717, 1.165) is 6.04 Å². The van der Waals surface area contributed by atoms with Crippen molar-refractivity contribution in [2.24, 2.45) is 5.41 Å². The van der Waals surface area contributed by atoms with Gasteiger partial charge in [0, 0.05) is 6.04 Å². The molecule has 0 amide bonds. The molecular weight excluding hydrogens is 146 g/mol. The molecule has 1 aliphatic rings. The van der Waals surface area contributed by atoms with Crippen LogP contribution in [-0.4, -0.2) is 12.6 Å². The Morgan fingerprint density at radius 1 is 1.42 bits per heavy atom. The zero-order valence-electron chi connectivity index (χ0n) is 8.82. The minimum atomic E-state index is 0.635. The molecule has 2 unspecified atom stereocenters. The number of hydrogen-bond acceptors (Lipinski definition) is 1. The first-order valence-corrected chi connectivity index (χ1v) is 5.48. The number of nitrogens with one attached hydrogen (secondary N) is 1. The van der Waals surface area contributed by atoms with Crippen molar-refractivity contribution in [1.29, 1.82) is 0 Å². The first kappa shape index (κ1) is 10.0. The summed E-state index contributed by atoms with van der Waals surface area (Å²) in [4.78, 5) is 0. The number of unbranched alkanes of at least 4 members (excludes halogenated alkanes) is 1. The van der Waals surface area contributed by atoms with Crippen molar-refractivity contribution >= 4 is 0 Å². The molecule has 0 bridgehead atoms. The molecule has 12 heavy (non-hydrogen) atoms. The Labute approximate surface area is 76.9 Å². The van der Waals surface area contributed by atoms with Gasteiger partial charge in [-0.3, -0.25) is 0 Å². The summed E-state index contributed by atoms with van der Waals surface area (Å²) in [6.45, 7) is 8.22. The number of hydrogen-bond donors (Lipinski definition) is 1. The summed E-state index contributed by atoms with van der Waals surface area (Å²) >= 11 is 0. The van der Waals surface area contributed by atoms with Crippen molar-refractivity contribution in [1.82, 2.24) is 5.32 Å². The lowest BCUT2D eigenvalue weighted by Crippen LogP contribution is -2.33. The second-order valence-corrected chi connectivity index (χ2v) is 4.25. The van der Waals surface area contributed by atoms with Crippen molar-refractivity contribution in [3.63, 3.8) is 0 Å². The second kappa shape index (κ2) is 4.27. The first-order chi connectivity index (χ1) is 5.75. The molecule has 1 aliphatic heterocycles. The molecule has 72 valence electrons. The summed E-state index contributed by atoms with van der Waals surface area (Å²) in [5.74, 6) is 0. The monoisotopic (exact) mass is 169 g/mol. The van der Waals surface area contributed by atoms with Gasteiger partial charge in [-0.25, -0.2) is 0 Å². The number of rotatable bonds is 4. The second-order valence-electron chi connectivity index (χ2n) is 4.25. The van der Waals surface area contributed by atoms with Crippen molar-refractivity contribution in [3.8, 4) is 0 Å². The zero-order chi connectivity index (χ0) is 9.03. The van der Waals surface area contributed by atoms with Gasteiger partial charge in [0.25, 0.3) is 0 Å². The third-order valence-electron chi connectivity index (χ3n) is 3.72. The average Bonchev–Trinajstić information content (AvgIpc) is 2.45. The maximum absolute atomic E-state index is 3.57. The molecule has 1 nitrogen and oxygen atoms in total. The first-order valence-electron chi connectivity index (χ1n) is 5.48. The molecule has 1 N–H and O–H groups in total. The van der Waals surface area contributed by atoms with Crippen molar-refractivity contribution in [2.75, 3.05) is 6.54 Å². The van der Waals surface area contributed by atoms with Gasteiger partial charge in [-0.1, -0.05) is 26.7 Å². The Morgan fingerprint density at radius 2 is 2.17 bits per heavy atom. The van der Waals surface area contributed by atoms with Gasteiger partial charge < -0.3 is 5.32 Å². The van der Waals surface area contributed by atoms with E-state index >= 15 is 0 Å². The maximum atomic E-state index is 3.57. The largest absolute Gasteiger partial charge is 0.314 e. The molecule has 0 spiro atoms. The molecule has 2 atom stereocenters. The van der Waals surface area contributed by atoms with Gasteiger partial charge in [-0.2, -0.15) is 0 Å². The average molecular weight is 169 g/mol. The van der Waals surface area contributed by atoms with Crippen LogP contribution in [0.25, 0.3) is 0 Å². The quantitative estimate of drug-likeness (QED) is 0.682. The van der Waals surface area contributed by atoms with E-state index in [1.165, 1.54) is 38.6 Å². The maximum Gasteiger partial charge on any atom is 0.00955 e. The van der Waals surface area contributed by atoms with Crippen LogP contribution in [0, 0.1) is 5.41 Å². The lowest BCUT2D eigenvalue weighted by atomic mass is 9.75. The van der Waals surface area contributed by atoms with Crippen LogP contribution in [0.4, 0.5) is 0 Å². The predicted molar refractivity (Wildman–Crippen MR) is 54.3 cm³/mol. The highest BCUT2D eigenvalue weighted by Crippen LogP contribution is 2.39. The topological polar surface area (TPSA) is 12.0 Å². The Balaban J connectivity index is 2.49. The van der Waals surface area contributed by atoms with E-state index < -0.39 is 0 Å². The smallest absolute Gasteiger partial charge is 0.00955 e. The summed E-state index contributed by atoms with van der Waals surface area (Å²) < 4.78 is 0. The van der Waals surface area contributed by atoms with Crippen LogP contribution in [0.1, 0.15) is 52.9 Å². The summed E-state index contributed by atoms with van der Waals surface area (Å²) in [6.07, 6.45) is 6.91. The van der Waals surface area contributed by atoms with Crippen LogP contribution < -0.4 is 5.32 Å². The molecule has 1 heterocycles. The Bertz CT molecular complexity index is 133. The normalized spacial score (nSPS) is 35.8. The van der Waals surface area contributed by atoms with E-state index in [0.29, 0.717) is 5.41 Å². The van der Waals surface area contributed by atoms with Crippen LogP contribution in [0.5, 0.6) is 0 Å². The molecule has 0 aliphatic carbocycles. The fraction of sp³-hybridized carbons (Fsp3) is 1.00.